The molecule has 0 amide bonds. The predicted octanol–water partition coefficient (Wildman–Crippen LogP) is 2.03. The van der Waals surface area contributed by atoms with Crippen molar-refractivity contribution in [2.45, 2.75) is 58.6 Å². The summed E-state index contributed by atoms with van der Waals surface area (Å²) < 4.78 is 28.4. The van der Waals surface area contributed by atoms with Crippen LogP contribution < -0.4 is 0 Å². The molecule has 0 radical (unpaired) electrons. The molecular weight excluding hydrogens is 269 g/mol. The van der Waals surface area contributed by atoms with Crippen molar-refractivity contribution < 1.29 is 23.6 Å². The molecule has 1 heterocycles. The highest BCUT2D eigenvalue weighted by Gasteiger charge is 2.33. The van der Waals surface area contributed by atoms with Crippen molar-refractivity contribution in [3.8, 4) is 0 Å². The maximum absolute atomic E-state index is 11.9. The largest absolute Gasteiger partial charge is 0.376 e. The van der Waals surface area contributed by atoms with Crippen LogP contribution in [0.15, 0.2) is 0 Å². The zero-order valence-corrected chi connectivity index (χ0v) is 13.3. The first-order valence-electron chi connectivity index (χ1n) is 6.75. The third-order valence-corrected chi connectivity index (χ3v) is 4.56. The molecule has 0 aromatic carbocycles. The first-order valence-corrected chi connectivity index (χ1v) is 8.39. The second-order valence-electron chi connectivity index (χ2n) is 5.54. The van der Waals surface area contributed by atoms with Crippen LogP contribution in [0.25, 0.3) is 0 Å². The van der Waals surface area contributed by atoms with Crippen LogP contribution in [-0.2, 0) is 18.7 Å². The normalized spacial score (nSPS) is 28.8. The van der Waals surface area contributed by atoms with Crippen LogP contribution in [0.3, 0.4) is 0 Å². The van der Waals surface area contributed by atoms with Crippen LogP contribution in [0.5, 0.6) is 0 Å². The molecule has 19 heavy (non-hydrogen) atoms. The summed E-state index contributed by atoms with van der Waals surface area (Å²) in [5.74, 6) is 0. The third kappa shape index (κ3) is 5.90. The second-order valence-corrected chi connectivity index (χ2v) is 7.86. The van der Waals surface area contributed by atoms with Gasteiger partial charge in [0.05, 0.1) is 43.7 Å². The number of hydrogen-bond donors (Lipinski definition) is 1. The molecule has 3 atom stereocenters. The minimum atomic E-state index is -3.59. The third-order valence-electron chi connectivity index (χ3n) is 2.79. The maximum atomic E-state index is 11.9. The van der Waals surface area contributed by atoms with Crippen molar-refractivity contribution >= 4 is 7.60 Å². The van der Waals surface area contributed by atoms with Crippen LogP contribution in [0, 0.1) is 0 Å². The van der Waals surface area contributed by atoms with Crippen molar-refractivity contribution in [1.82, 2.24) is 5.06 Å². The van der Waals surface area contributed by atoms with Crippen LogP contribution in [0.4, 0.5) is 0 Å². The van der Waals surface area contributed by atoms with Crippen LogP contribution in [-0.4, -0.2) is 53.6 Å². The van der Waals surface area contributed by atoms with E-state index in [1.54, 1.807) is 13.8 Å². The number of ether oxygens (including phenoxy) is 2. The Hall–Kier alpha value is 0.0300. The van der Waals surface area contributed by atoms with Gasteiger partial charge in [0.15, 0.2) is 0 Å². The Morgan fingerprint density at radius 2 is 2.00 bits per heavy atom. The number of rotatable bonds is 6. The molecule has 1 aliphatic rings. The van der Waals surface area contributed by atoms with Crippen LogP contribution >= 0.6 is 7.60 Å². The van der Waals surface area contributed by atoms with E-state index in [0.717, 1.165) is 0 Å². The fourth-order valence-electron chi connectivity index (χ4n) is 1.72. The van der Waals surface area contributed by atoms with E-state index in [4.69, 9.17) is 14.1 Å². The zero-order chi connectivity index (χ0) is 14.6. The van der Waals surface area contributed by atoms with Crippen molar-refractivity contribution in [3.63, 3.8) is 0 Å². The predicted molar refractivity (Wildman–Crippen MR) is 73.0 cm³/mol. The summed E-state index contributed by atoms with van der Waals surface area (Å²) in [6, 6.07) is 0. The quantitative estimate of drug-likeness (QED) is 0.756. The fourth-order valence-corrected chi connectivity index (χ4v) is 2.37. The molecule has 0 aliphatic carbocycles. The highest BCUT2D eigenvalue weighted by Crippen LogP contribution is 2.48. The first kappa shape index (κ1) is 17.1. The minimum Gasteiger partial charge on any atom is -0.376 e. The van der Waals surface area contributed by atoms with Crippen molar-refractivity contribution in [3.05, 3.63) is 0 Å². The van der Waals surface area contributed by atoms with Gasteiger partial charge in [0, 0.05) is 0 Å². The number of hydroxylamine groups is 2. The molecule has 0 aromatic rings. The first-order chi connectivity index (χ1) is 8.70. The number of hydrogen-bond acceptors (Lipinski definition) is 5. The Bertz CT molecular complexity index is 323. The summed E-state index contributed by atoms with van der Waals surface area (Å²) in [6.45, 7) is 10.6. The van der Waals surface area contributed by atoms with E-state index in [2.05, 4.69) is 0 Å². The summed E-state index contributed by atoms with van der Waals surface area (Å²) in [5, 5.41) is 1.53. The Morgan fingerprint density at radius 1 is 1.37 bits per heavy atom. The fraction of sp³-hybridized carbons (Fsp3) is 1.00. The molecule has 1 aliphatic heterocycles. The summed E-state index contributed by atoms with van der Waals surface area (Å²) in [4.78, 5) is 9.75. The zero-order valence-electron chi connectivity index (χ0n) is 12.4. The highest BCUT2D eigenvalue weighted by atomic mass is 31.2. The van der Waals surface area contributed by atoms with Crippen molar-refractivity contribution in [2.24, 2.45) is 0 Å². The second kappa shape index (κ2) is 7.16. The van der Waals surface area contributed by atoms with Gasteiger partial charge in [0.2, 0.25) is 0 Å². The lowest BCUT2D eigenvalue weighted by molar-refractivity contribution is -0.191. The summed E-state index contributed by atoms with van der Waals surface area (Å²) in [6.07, 6.45) is -0.0604. The lowest BCUT2D eigenvalue weighted by atomic mass is 10.2. The van der Waals surface area contributed by atoms with E-state index >= 15 is 0 Å². The van der Waals surface area contributed by atoms with Gasteiger partial charge in [-0.25, -0.2) is 4.62 Å². The molecule has 0 spiro atoms. The lowest BCUT2D eigenvalue weighted by Gasteiger charge is -2.37. The number of morpholine rings is 1. The standard InChI is InChI=1S/C12H26NO5P/c1-9(2)16-8-12-7-13(6-11(5)17-12)18-19(14,15)10(3)4/h9-12H,6-8H2,1-5H3,(H,14,15). The molecule has 0 bridgehead atoms. The SMILES string of the molecule is CC(C)OCC1CN(OP(=O)(O)C(C)C)CC(C)O1. The molecule has 0 saturated carbocycles. The van der Waals surface area contributed by atoms with E-state index < -0.39 is 13.3 Å². The van der Waals surface area contributed by atoms with E-state index in [1.165, 1.54) is 5.06 Å². The molecule has 1 N–H and O–H groups in total. The number of nitrogens with zero attached hydrogens (tertiary/aromatic N) is 1. The molecule has 114 valence electrons. The van der Waals surface area contributed by atoms with Crippen molar-refractivity contribution in [1.29, 1.82) is 0 Å². The Kier molecular flexibility index (Phi) is 6.43. The minimum absolute atomic E-state index is 0.0540. The molecule has 3 unspecified atom stereocenters. The maximum Gasteiger partial charge on any atom is 0.347 e. The monoisotopic (exact) mass is 295 g/mol. The van der Waals surface area contributed by atoms with E-state index in [0.29, 0.717) is 19.7 Å². The van der Waals surface area contributed by atoms with Gasteiger partial charge in [-0.3, -0.25) is 4.57 Å². The molecule has 1 fully saturated rings. The smallest absolute Gasteiger partial charge is 0.347 e. The van der Waals surface area contributed by atoms with E-state index in [-0.39, 0.29) is 18.3 Å². The Labute approximate surface area is 115 Å². The van der Waals surface area contributed by atoms with Gasteiger partial charge >= 0.3 is 7.60 Å². The molecule has 7 heteroatoms. The summed E-state index contributed by atoms with van der Waals surface area (Å²) in [5.41, 5.74) is -0.420. The van der Waals surface area contributed by atoms with Gasteiger partial charge in [0.25, 0.3) is 0 Å². The molecule has 6 nitrogen and oxygen atoms in total. The van der Waals surface area contributed by atoms with Crippen LogP contribution in [0.1, 0.15) is 34.6 Å². The highest BCUT2D eigenvalue weighted by molar-refractivity contribution is 7.53. The van der Waals surface area contributed by atoms with Gasteiger partial charge < -0.3 is 14.4 Å². The lowest BCUT2D eigenvalue weighted by Crippen LogP contribution is -2.48. The average Bonchev–Trinajstić information content (AvgIpc) is 2.24. The van der Waals surface area contributed by atoms with Gasteiger partial charge in [-0.05, 0) is 20.8 Å². The van der Waals surface area contributed by atoms with Gasteiger partial charge in [-0.15, -0.1) is 0 Å². The average molecular weight is 295 g/mol. The van der Waals surface area contributed by atoms with Gasteiger partial charge in [0.1, 0.15) is 0 Å². The topological polar surface area (TPSA) is 68.2 Å². The van der Waals surface area contributed by atoms with Crippen LogP contribution in [0.2, 0.25) is 0 Å². The van der Waals surface area contributed by atoms with E-state index in [1.807, 2.05) is 20.8 Å². The Balaban J connectivity index is 2.53. The Morgan fingerprint density at radius 3 is 2.53 bits per heavy atom. The summed E-state index contributed by atoms with van der Waals surface area (Å²) >= 11 is 0. The van der Waals surface area contributed by atoms with E-state index in [9.17, 15) is 9.46 Å². The molecular formula is C12H26NO5P. The summed E-state index contributed by atoms with van der Waals surface area (Å²) in [7, 11) is -3.59. The van der Waals surface area contributed by atoms with Crippen molar-refractivity contribution in [2.75, 3.05) is 19.7 Å². The molecule has 1 rings (SSSR count). The van der Waals surface area contributed by atoms with Gasteiger partial charge in [-0.1, -0.05) is 13.8 Å². The molecule has 1 saturated heterocycles. The van der Waals surface area contributed by atoms with Gasteiger partial charge in [-0.2, -0.15) is 5.06 Å². The molecule has 0 aromatic heterocycles.